The van der Waals surface area contributed by atoms with Gasteiger partial charge in [0, 0.05) is 6.42 Å². The highest BCUT2D eigenvalue weighted by molar-refractivity contribution is 7.98. The lowest BCUT2D eigenvalue weighted by atomic mass is 10.1. The third-order valence-electron chi connectivity index (χ3n) is 2.03. The van der Waals surface area contributed by atoms with Crippen molar-refractivity contribution in [3.8, 4) is 0 Å². The van der Waals surface area contributed by atoms with Crippen LogP contribution in [0.15, 0.2) is 0 Å². The first-order valence-electron chi connectivity index (χ1n) is 5.53. The van der Waals surface area contributed by atoms with E-state index >= 15 is 0 Å². The first-order valence-corrected chi connectivity index (χ1v) is 6.92. The zero-order valence-corrected chi connectivity index (χ0v) is 10.5. The zero-order chi connectivity index (χ0) is 11.5. The van der Waals surface area contributed by atoms with E-state index in [2.05, 4.69) is 6.26 Å². The lowest BCUT2D eigenvalue weighted by Gasteiger charge is -2.09. The Morgan fingerprint density at radius 3 is 2.80 bits per heavy atom. The van der Waals surface area contributed by atoms with E-state index in [9.17, 15) is 9.90 Å². The van der Waals surface area contributed by atoms with Gasteiger partial charge in [0.15, 0.2) is 0 Å². The molecule has 90 valence electrons. The molecule has 1 atom stereocenters. The lowest BCUT2D eigenvalue weighted by molar-refractivity contribution is -0.144. The average Bonchev–Trinajstić information content (AvgIpc) is 2.24. The number of carbonyl (C=O) groups excluding carboxylic acids is 1. The summed E-state index contributed by atoms with van der Waals surface area (Å²) in [4.78, 5) is 11.1. The van der Waals surface area contributed by atoms with Gasteiger partial charge in [0.1, 0.15) is 0 Å². The number of esters is 1. The Morgan fingerprint density at radius 2 is 2.20 bits per heavy atom. The second-order valence-electron chi connectivity index (χ2n) is 3.55. The molecule has 0 aromatic carbocycles. The number of ether oxygens (including phenoxy) is 1. The van der Waals surface area contributed by atoms with Crippen molar-refractivity contribution < 1.29 is 14.6 Å². The quantitative estimate of drug-likeness (QED) is 0.491. The summed E-state index contributed by atoms with van der Waals surface area (Å²) in [5.41, 5.74) is 0. The van der Waals surface area contributed by atoms with Crippen molar-refractivity contribution in [3.63, 3.8) is 0 Å². The fourth-order valence-corrected chi connectivity index (χ4v) is 1.64. The van der Waals surface area contributed by atoms with Crippen LogP contribution in [-0.4, -0.2) is 35.8 Å². The lowest BCUT2D eigenvalue weighted by Crippen LogP contribution is -2.12. The van der Waals surface area contributed by atoms with Crippen LogP contribution in [0.25, 0.3) is 0 Å². The van der Waals surface area contributed by atoms with Crippen molar-refractivity contribution in [2.24, 2.45) is 0 Å². The molecule has 0 amide bonds. The summed E-state index contributed by atoms with van der Waals surface area (Å²) in [5.74, 6) is 0.873. The van der Waals surface area contributed by atoms with E-state index in [4.69, 9.17) is 4.74 Å². The maximum atomic E-state index is 11.1. The number of hydrogen-bond donors (Lipinski definition) is 1. The molecule has 0 saturated heterocycles. The molecular formula is C11H22O3S. The summed E-state index contributed by atoms with van der Waals surface area (Å²) < 4.78 is 4.91. The van der Waals surface area contributed by atoms with Crippen molar-refractivity contribution in [2.45, 2.75) is 45.1 Å². The summed E-state index contributed by atoms with van der Waals surface area (Å²) in [6.07, 6.45) is 5.19. The van der Waals surface area contributed by atoms with Crippen LogP contribution in [0, 0.1) is 0 Å². The van der Waals surface area contributed by atoms with E-state index in [0.29, 0.717) is 19.4 Å². The summed E-state index contributed by atoms with van der Waals surface area (Å²) in [6, 6.07) is 0. The molecule has 0 fully saturated rings. The molecular weight excluding hydrogens is 212 g/mol. The van der Waals surface area contributed by atoms with Gasteiger partial charge in [-0.25, -0.2) is 0 Å². The van der Waals surface area contributed by atoms with Gasteiger partial charge in [-0.05, 0) is 37.7 Å². The molecule has 0 aromatic rings. The van der Waals surface area contributed by atoms with Gasteiger partial charge in [0.25, 0.3) is 0 Å². The molecule has 0 radical (unpaired) electrons. The van der Waals surface area contributed by atoms with Crippen LogP contribution in [0.4, 0.5) is 0 Å². The Morgan fingerprint density at radius 1 is 1.47 bits per heavy atom. The topological polar surface area (TPSA) is 46.5 Å². The van der Waals surface area contributed by atoms with Crippen LogP contribution in [-0.2, 0) is 9.53 Å². The molecule has 1 unspecified atom stereocenters. The molecule has 15 heavy (non-hydrogen) atoms. The second kappa shape index (κ2) is 10.3. The molecule has 0 spiro atoms. The molecule has 0 aliphatic heterocycles. The molecule has 0 bridgehead atoms. The fourth-order valence-electron chi connectivity index (χ4n) is 1.18. The van der Waals surface area contributed by atoms with Gasteiger partial charge in [-0.1, -0.05) is 6.92 Å². The van der Waals surface area contributed by atoms with Crippen molar-refractivity contribution in [1.82, 2.24) is 0 Å². The van der Waals surface area contributed by atoms with Crippen LogP contribution < -0.4 is 0 Å². The zero-order valence-electron chi connectivity index (χ0n) is 9.70. The van der Waals surface area contributed by atoms with E-state index in [0.717, 1.165) is 25.0 Å². The van der Waals surface area contributed by atoms with Gasteiger partial charge in [-0.3, -0.25) is 4.79 Å². The van der Waals surface area contributed by atoms with E-state index in [1.54, 1.807) is 11.8 Å². The van der Waals surface area contributed by atoms with Crippen LogP contribution >= 0.6 is 11.8 Å². The number of carbonyl (C=O) groups is 1. The first-order chi connectivity index (χ1) is 7.20. The molecule has 0 aliphatic rings. The molecule has 0 heterocycles. The number of hydrogen-bond acceptors (Lipinski definition) is 4. The van der Waals surface area contributed by atoms with Crippen LogP contribution in [0.5, 0.6) is 0 Å². The minimum atomic E-state index is -0.355. The molecule has 0 aliphatic carbocycles. The van der Waals surface area contributed by atoms with Crippen molar-refractivity contribution >= 4 is 17.7 Å². The SMILES string of the molecule is CCCOC(=O)CCC(O)CCCSC. The molecule has 3 nitrogen and oxygen atoms in total. The standard InChI is InChI=1S/C11H22O3S/c1-3-8-14-11(13)7-6-10(12)5-4-9-15-2/h10,12H,3-9H2,1-2H3. The smallest absolute Gasteiger partial charge is 0.305 e. The number of aliphatic hydroxyl groups excluding tert-OH is 1. The first kappa shape index (κ1) is 14.8. The average molecular weight is 234 g/mol. The predicted molar refractivity (Wildman–Crippen MR) is 64.1 cm³/mol. The maximum absolute atomic E-state index is 11.1. The van der Waals surface area contributed by atoms with Gasteiger partial charge < -0.3 is 9.84 Å². The van der Waals surface area contributed by atoms with E-state index in [1.807, 2.05) is 6.92 Å². The van der Waals surface area contributed by atoms with Gasteiger partial charge in [-0.15, -0.1) is 0 Å². The summed E-state index contributed by atoms with van der Waals surface area (Å²) >= 11 is 1.78. The minimum absolute atomic E-state index is 0.194. The van der Waals surface area contributed by atoms with Gasteiger partial charge in [-0.2, -0.15) is 11.8 Å². The Kier molecular flexibility index (Phi) is 10.2. The van der Waals surface area contributed by atoms with Crippen molar-refractivity contribution in [2.75, 3.05) is 18.6 Å². The van der Waals surface area contributed by atoms with Gasteiger partial charge >= 0.3 is 5.97 Å². The van der Waals surface area contributed by atoms with E-state index < -0.39 is 0 Å². The highest BCUT2D eigenvalue weighted by Crippen LogP contribution is 2.08. The van der Waals surface area contributed by atoms with Gasteiger partial charge in [0.2, 0.25) is 0 Å². The Hall–Kier alpha value is -0.220. The number of rotatable bonds is 9. The van der Waals surface area contributed by atoms with Crippen LogP contribution in [0.3, 0.4) is 0 Å². The molecule has 0 aromatic heterocycles. The Labute approximate surface area is 96.6 Å². The Balaban J connectivity index is 3.36. The normalized spacial score (nSPS) is 12.5. The maximum Gasteiger partial charge on any atom is 0.305 e. The second-order valence-corrected chi connectivity index (χ2v) is 4.53. The van der Waals surface area contributed by atoms with Gasteiger partial charge in [0.05, 0.1) is 12.7 Å². The summed E-state index contributed by atoms with van der Waals surface area (Å²) in [6.45, 7) is 2.45. The molecule has 0 rings (SSSR count). The van der Waals surface area contributed by atoms with Crippen LogP contribution in [0.2, 0.25) is 0 Å². The summed E-state index contributed by atoms with van der Waals surface area (Å²) in [7, 11) is 0. The van der Waals surface area contributed by atoms with Crippen LogP contribution in [0.1, 0.15) is 39.0 Å². The molecule has 0 saturated carbocycles. The number of aliphatic hydroxyl groups is 1. The fraction of sp³-hybridized carbons (Fsp3) is 0.909. The Bertz CT molecular complexity index is 162. The summed E-state index contributed by atoms with van der Waals surface area (Å²) in [5, 5.41) is 9.53. The third-order valence-corrected chi connectivity index (χ3v) is 2.73. The van der Waals surface area contributed by atoms with Crippen molar-refractivity contribution in [1.29, 1.82) is 0 Å². The molecule has 4 heteroatoms. The molecule has 1 N–H and O–H groups in total. The monoisotopic (exact) mass is 234 g/mol. The minimum Gasteiger partial charge on any atom is -0.466 e. The highest BCUT2D eigenvalue weighted by atomic mass is 32.2. The third kappa shape index (κ3) is 10.1. The van der Waals surface area contributed by atoms with E-state index in [-0.39, 0.29) is 12.1 Å². The largest absolute Gasteiger partial charge is 0.466 e. The highest BCUT2D eigenvalue weighted by Gasteiger charge is 2.08. The van der Waals surface area contributed by atoms with E-state index in [1.165, 1.54) is 0 Å². The predicted octanol–water partition coefficient (Wildman–Crippen LogP) is 2.22. The number of thioether (sulfide) groups is 1. The van der Waals surface area contributed by atoms with Crippen molar-refractivity contribution in [3.05, 3.63) is 0 Å².